The summed E-state index contributed by atoms with van der Waals surface area (Å²) in [5, 5.41) is 5.74. The number of halogens is 1. The summed E-state index contributed by atoms with van der Waals surface area (Å²) in [6.45, 7) is 1.81. The highest BCUT2D eigenvalue weighted by Gasteiger charge is 2.16. The fourth-order valence-electron chi connectivity index (χ4n) is 1.90. The highest BCUT2D eigenvalue weighted by atomic mass is 35.5. The first-order valence-electron chi connectivity index (χ1n) is 6.08. The third-order valence-electron chi connectivity index (χ3n) is 2.98. The number of ether oxygens (including phenoxy) is 1. The van der Waals surface area contributed by atoms with E-state index in [1.807, 2.05) is 18.2 Å². The Hall–Kier alpha value is -1.76. The van der Waals surface area contributed by atoms with Crippen molar-refractivity contribution in [2.75, 3.05) is 5.73 Å². The Morgan fingerprint density at radius 2 is 1.90 bits per heavy atom. The molecule has 5 nitrogen and oxygen atoms in total. The molecule has 21 heavy (non-hydrogen) atoms. The average molecular weight is 327 g/mol. The normalized spacial score (nSPS) is 11.4. The second-order valence-corrected chi connectivity index (χ2v) is 6.50. The maximum absolute atomic E-state index is 11.5. The van der Waals surface area contributed by atoms with Gasteiger partial charge in [0.15, 0.2) is 0 Å². The van der Waals surface area contributed by atoms with E-state index in [0.717, 1.165) is 5.56 Å². The maximum atomic E-state index is 11.5. The van der Waals surface area contributed by atoms with Gasteiger partial charge in [-0.3, -0.25) is 0 Å². The molecule has 0 amide bonds. The molecule has 0 aliphatic rings. The Morgan fingerprint density at radius 1 is 1.24 bits per heavy atom. The summed E-state index contributed by atoms with van der Waals surface area (Å²) in [6.07, 6.45) is 0. The molecule has 0 aliphatic carbocycles. The minimum Gasteiger partial charge on any atom is -0.488 e. The summed E-state index contributed by atoms with van der Waals surface area (Å²) in [5.74, 6) is 0.360. The quantitative estimate of drug-likeness (QED) is 0.843. The fourth-order valence-corrected chi connectivity index (χ4v) is 2.92. The standard InChI is InChI=1S/C14H15ClN2O3S/c1-9-13(6-11(16)7-14(9)21(17,18)19)20-8-10-4-2-3-5-12(10)15/h2-7H,8,16H2,1H3,(H2,17,18,19). The molecule has 0 unspecified atom stereocenters. The van der Waals surface area contributed by atoms with Gasteiger partial charge < -0.3 is 10.5 Å². The van der Waals surface area contributed by atoms with Gasteiger partial charge in [0.25, 0.3) is 0 Å². The third-order valence-corrected chi connectivity index (χ3v) is 4.39. The zero-order chi connectivity index (χ0) is 15.6. The Morgan fingerprint density at radius 3 is 2.52 bits per heavy atom. The van der Waals surface area contributed by atoms with Crippen LogP contribution in [0.15, 0.2) is 41.3 Å². The van der Waals surface area contributed by atoms with Crippen LogP contribution in [0.3, 0.4) is 0 Å². The van der Waals surface area contributed by atoms with Crippen LogP contribution in [0.4, 0.5) is 5.69 Å². The molecule has 7 heteroatoms. The maximum Gasteiger partial charge on any atom is 0.238 e. The summed E-state index contributed by atoms with van der Waals surface area (Å²) in [6, 6.07) is 10.1. The van der Waals surface area contributed by atoms with Crippen molar-refractivity contribution in [3.63, 3.8) is 0 Å². The van der Waals surface area contributed by atoms with E-state index in [1.165, 1.54) is 6.07 Å². The van der Waals surface area contributed by atoms with Crippen molar-refractivity contribution in [3.8, 4) is 5.75 Å². The van der Waals surface area contributed by atoms with Gasteiger partial charge >= 0.3 is 0 Å². The molecule has 4 N–H and O–H groups in total. The highest BCUT2D eigenvalue weighted by molar-refractivity contribution is 7.89. The van der Waals surface area contributed by atoms with Crippen molar-refractivity contribution in [1.29, 1.82) is 0 Å². The first kappa shape index (κ1) is 15.6. The summed E-state index contributed by atoms with van der Waals surface area (Å²) >= 11 is 6.04. The first-order chi connectivity index (χ1) is 9.79. The van der Waals surface area contributed by atoms with Crippen molar-refractivity contribution < 1.29 is 13.2 Å². The Bertz CT molecular complexity index is 776. The van der Waals surface area contributed by atoms with E-state index in [-0.39, 0.29) is 17.2 Å². The van der Waals surface area contributed by atoms with Crippen molar-refractivity contribution >= 4 is 27.3 Å². The Labute approximate surface area is 128 Å². The minimum absolute atomic E-state index is 0.0448. The molecule has 0 bridgehead atoms. The molecule has 2 aromatic carbocycles. The number of hydrogen-bond acceptors (Lipinski definition) is 4. The number of nitrogen functional groups attached to an aromatic ring is 1. The Kier molecular flexibility index (Phi) is 4.41. The lowest BCUT2D eigenvalue weighted by Crippen LogP contribution is -2.15. The van der Waals surface area contributed by atoms with Crippen LogP contribution in [0.5, 0.6) is 5.75 Å². The molecule has 2 aromatic rings. The van der Waals surface area contributed by atoms with Gasteiger partial charge in [-0.1, -0.05) is 29.8 Å². The molecule has 0 saturated heterocycles. The first-order valence-corrected chi connectivity index (χ1v) is 8.00. The zero-order valence-corrected chi connectivity index (χ0v) is 12.9. The number of nitrogens with two attached hydrogens (primary N) is 2. The van der Waals surface area contributed by atoms with E-state index in [2.05, 4.69) is 0 Å². The number of hydrogen-bond donors (Lipinski definition) is 2. The average Bonchev–Trinajstić information content (AvgIpc) is 2.39. The van der Waals surface area contributed by atoms with Crippen LogP contribution in [0.25, 0.3) is 0 Å². The summed E-state index contributed by atoms with van der Waals surface area (Å²) in [7, 11) is -3.86. The second-order valence-electron chi connectivity index (χ2n) is 4.57. The van der Waals surface area contributed by atoms with Crippen LogP contribution in [-0.2, 0) is 16.6 Å². The van der Waals surface area contributed by atoms with Crippen molar-refractivity contribution in [2.24, 2.45) is 5.14 Å². The van der Waals surface area contributed by atoms with Crippen molar-refractivity contribution in [2.45, 2.75) is 18.4 Å². The molecule has 0 fully saturated rings. The molecule has 112 valence electrons. The monoisotopic (exact) mass is 326 g/mol. The lowest BCUT2D eigenvalue weighted by molar-refractivity contribution is 0.303. The number of anilines is 1. The molecule has 0 atom stereocenters. The van der Waals surface area contributed by atoms with Gasteiger partial charge in [-0.05, 0) is 19.1 Å². The third kappa shape index (κ3) is 3.66. The van der Waals surface area contributed by atoms with Crippen LogP contribution in [0.1, 0.15) is 11.1 Å². The number of primary sulfonamides is 1. The molecular formula is C14H15ClN2O3S. The van der Waals surface area contributed by atoms with E-state index >= 15 is 0 Å². The van der Waals surface area contributed by atoms with E-state index < -0.39 is 10.0 Å². The molecule has 0 saturated carbocycles. The summed E-state index contributed by atoms with van der Waals surface area (Å²) < 4.78 is 28.7. The second kappa shape index (κ2) is 5.93. The van der Waals surface area contributed by atoms with Gasteiger partial charge in [-0.25, -0.2) is 13.6 Å². The topological polar surface area (TPSA) is 95.4 Å². The van der Waals surface area contributed by atoms with E-state index in [1.54, 1.807) is 19.1 Å². The molecule has 0 radical (unpaired) electrons. The van der Waals surface area contributed by atoms with Crippen LogP contribution in [0, 0.1) is 6.92 Å². The zero-order valence-electron chi connectivity index (χ0n) is 11.3. The number of benzene rings is 2. The van der Waals surface area contributed by atoms with Gasteiger partial charge in [-0.2, -0.15) is 0 Å². The van der Waals surface area contributed by atoms with Gasteiger partial charge in [0.05, 0.1) is 4.90 Å². The summed E-state index contributed by atoms with van der Waals surface area (Å²) in [5.41, 5.74) is 7.17. The van der Waals surface area contributed by atoms with Crippen molar-refractivity contribution in [3.05, 3.63) is 52.5 Å². The van der Waals surface area contributed by atoms with E-state index in [9.17, 15) is 8.42 Å². The Balaban J connectivity index is 2.33. The molecule has 0 heterocycles. The predicted octanol–water partition coefficient (Wildman–Crippen LogP) is 2.46. The SMILES string of the molecule is Cc1c(OCc2ccccc2Cl)cc(N)cc1S(N)(=O)=O. The molecule has 0 aromatic heterocycles. The van der Waals surface area contributed by atoms with Crippen LogP contribution in [0.2, 0.25) is 5.02 Å². The predicted molar refractivity (Wildman–Crippen MR) is 82.7 cm³/mol. The number of rotatable bonds is 4. The fraction of sp³-hybridized carbons (Fsp3) is 0.143. The minimum atomic E-state index is -3.86. The molecule has 0 spiro atoms. The number of sulfonamides is 1. The van der Waals surface area contributed by atoms with Gasteiger partial charge in [0.1, 0.15) is 12.4 Å². The molecule has 2 rings (SSSR count). The van der Waals surface area contributed by atoms with Crippen LogP contribution in [-0.4, -0.2) is 8.42 Å². The smallest absolute Gasteiger partial charge is 0.238 e. The highest BCUT2D eigenvalue weighted by Crippen LogP contribution is 2.29. The van der Waals surface area contributed by atoms with Gasteiger partial charge in [0.2, 0.25) is 10.0 Å². The summed E-state index contributed by atoms with van der Waals surface area (Å²) in [4.78, 5) is -0.0448. The van der Waals surface area contributed by atoms with E-state index in [0.29, 0.717) is 16.3 Å². The molecule has 0 aliphatic heterocycles. The van der Waals surface area contributed by atoms with Gasteiger partial charge in [0, 0.05) is 27.9 Å². The molecular weight excluding hydrogens is 312 g/mol. The lowest BCUT2D eigenvalue weighted by Gasteiger charge is -2.13. The van der Waals surface area contributed by atoms with E-state index in [4.69, 9.17) is 27.2 Å². The van der Waals surface area contributed by atoms with Gasteiger partial charge in [-0.15, -0.1) is 0 Å². The van der Waals surface area contributed by atoms with Crippen LogP contribution >= 0.6 is 11.6 Å². The van der Waals surface area contributed by atoms with Crippen molar-refractivity contribution in [1.82, 2.24) is 0 Å². The van der Waals surface area contributed by atoms with Crippen LogP contribution < -0.4 is 15.6 Å². The lowest BCUT2D eigenvalue weighted by atomic mass is 10.2. The largest absolute Gasteiger partial charge is 0.488 e.